The number of amidine groups is 1. The second-order valence-electron chi connectivity index (χ2n) is 10.2. The highest BCUT2D eigenvalue weighted by Gasteiger charge is 2.38. The summed E-state index contributed by atoms with van der Waals surface area (Å²) in [7, 11) is 0. The maximum Gasteiger partial charge on any atom is 0.416 e. The van der Waals surface area contributed by atoms with Gasteiger partial charge in [0.15, 0.2) is 10.8 Å². The molecule has 0 aliphatic carbocycles. The van der Waals surface area contributed by atoms with Crippen LogP contribution >= 0.6 is 11.3 Å². The molecule has 2 aliphatic heterocycles. The van der Waals surface area contributed by atoms with Crippen LogP contribution in [0, 0.1) is 12.7 Å². The summed E-state index contributed by atoms with van der Waals surface area (Å²) in [5, 5.41) is 15.1. The Bertz CT molecular complexity index is 1620. The first-order valence-corrected chi connectivity index (χ1v) is 14.5. The minimum atomic E-state index is -4.65. The van der Waals surface area contributed by atoms with Crippen LogP contribution < -0.4 is 5.32 Å². The van der Waals surface area contributed by atoms with Crippen molar-refractivity contribution in [2.75, 3.05) is 32.9 Å². The van der Waals surface area contributed by atoms with E-state index in [1.165, 1.54) is 30.4 Å². The van der Waals surface area contributed by atoms with Gasteiger partial charge in [0.1, 0.15) is 17.9 Å². The number of carboxylic acids is 1. The largest absolute Gasteiger partial charge is 0.480 e. The van der Waals surface area contributed by atoms with E-state index < -0.39 is 41.6 Å². The van der Waals surface area contributed by atoms with Gasteiger partial charge < -0.3 is 19.9 Å². The van der Waals surface area contributed by atoms with Gasteiger partial charge in [-0.1, -0.05) is 12.1 Å². The van der Waals surface area contributed by atoms with Crippen molar-refractivity contribution in [2.45, 2.75) is 32.1 Å². The monoisotopic (exact) mass is 632 g/mol. The Morgan fingerprint density at radius 3 is 2.70 bits per heavy atom. The summed E-state index contributed by atoms with van der Waals surface area (Å²) in [6, 6.07) is 4.88. The Balaban J connectivity index is 1.72. The van der Waals surface area contributed by atoms with Crippen molar-refractivity contribution in [3.05, 3.63) is 86.8 Å². The second-order valence-corrected chi connectivity index (χ2v) is 11.1. The third-order valence-corrected chi connectivity index (χ3v) is 7.95. The topological polar surface area (TPSA) is 113 Å². The van der Waals surface area contributed by atoms with Crippen molar-refractivity contribution in [1.29, 1.82) is 0 Å². The van der Waals surface area contributed by atoms with Crippen LogP contribution in [0.5, 0.6) is 0 Å². The van der Waals surface area contributed by atoms with E-state index in [9.17, 15) is 32.3 Å². The molecule has 3 aromatic rings. The van der Waals surface area contributed by atoms with Crippen LogP contribution in [0.15, 0.2) is 64.2 Å². The molecule has 14 heteroatoms. The van der Waals surface area contributed by atoms with E-state index in [-0.39, 0.29) is 66.7 Å². The van der Waals surface area contributed by atoms with E-state index in [4.69, 9.17) is 14.5 Å². The minimum absolute atomic E-state index is 0.00376. The molecule has 0 amide bonds. The minimum Gasteiger partial charge on any atom is -0.480 e. The molecule has 0 bridgehead atoms. The Morgan fingerprint density at radius 2 is 2.02 bits per heavy atom. The number of carbonyl (C=O) groups is 2. The molecule has 44 heavy (non-hydrogen) atoms. The van der Waals surface area contributed by atoms with Crippen LogP contribution in [0.25, 0.3) is 11.1 Å². The lowest BCUT2D eigenvalue weighted by molar-refractivity contribution is -0.149. The number of thiazole rings is 1. The molecule has 1 fully saturated rings. The Hall–Kier alpha value is -4.14. The fourth-order valence-corrected chi connectivity index (χ4v) is 5.81. The lowest BCUT2D eigenvalue weighted by Gasteiger charge is -2.36. The maximum atomic E-state index is 14.8. The van der Waals surface area contributed by atoms with Crippen molar-refractivity contribution in [1.82, 2.24) is 15.2 Å². The van der Waals surface area contributed by atoms with E-state index in [2.05, 4.69) is 10.3 Å². The predicted octanol–water partition coefficient (Wildman–Crippen LogP) is 4.97. The van der Waals surface area contributed by atoms with Crippen molar-refractivity contribution in [2.24, 2.45) is 4.99 Å². The summed E-state index contributed by atoms with van der Waals surface area (Å²) < 4.78 is 66.9. The zero-order valence-electron chi connectivity index (χ0n) is 23.7. The molecule has 2 atom stereocenters. The van der Waals surface area contributed by atoms with Crippen molar-refractivity contribution < 1.29 is 41.7 Å². The number of nitrogens with zero attached hydrogens (tertiary/aromatic N) is 3. The normalized spacial score (nSPS) is 19.4. The summed E-state index contributed by atoms with van der Waals surface area (Å²) >= 11 is 1.25. The summed E-state index contributed by atoms with van der Waals surface area (Å²) in [5.74, 6) is -2.32. The van der Waals surface area contributed by atoms with Gasteiger partial charge >= 0.3 is 18.1 Å². The average molecular weight is 633 g/mol. The van der Waals surface area contributed by atoms with Crippen molar-refractivity contribution >= 4 is 29.1 Å². The molecule has 5 rings (SSSR count). The average Bonchev–Trinajstić information content (AvgIpc) is 3.52. The molecule has 1 saturated heterocycles. The third kappa shape index (κ3) is 6.66. The second kappa shape index (κ2) is 12.8. The molecule has 0 saturated carbocycles. The molecular formula is C30H28F4N4O5S. The van der Waals surface area contributed by atoms with Gasteiger partial charge in [0.2, 0.25) is 0 Å². The fourth-order valence-electron chi connectivity index (χ4n) is 5.22. The standard InChI is InChI=1S/C30H28F4N4O5S/c1-3-43-29(41)24-22(14-38-7-8-42-15-23(38)28(39)40)36-26(27-35-6-9-44-27)37-25(24)20-5-4-19(31)13-21(20)17-10-16(2)11-18(12-17)30(32,33)34/h4-6,9-13,23,25H,3,7-8,14-15H2,1-2H3,(H,36,37)(H,39,40)/t23-,25?/m0/s1. The van der Waals surface area contributed by atoms with Gasteiger partial charge in [-0.3, -0.25) is 14.7 Å². The molecule has 1 unspecified atom stereocenters. The molecule has 1 aromatic heterocycles. The van der Waals surface area contributed by atoms with E-state index in [1.807, 2.05) is 0 Å². The van der Waals surface area contributed by atoms with Crippen LogP contribution in [-0.4, -0.2) is 71.7 Å². The van der Waals surface area contributed by atoms with Gasteiger partial charge in [0.25, 0.3) is 0 Å². The first kappa shape index (κ1) is 31.3. The predicted molar refractivity (Wildman–Crippen MR) is 154 cm³/mol. The smallest absolute Gasteiger partial charge is 0.416 e. The molecule has 232 valence electrons. The van der Waals surface area contributed by atoms with Crippen LogP contribution in [-0.2, 0) is 25.2 Å². The molecule has 2 aliphatic rings. The van der Waals surface area contributed by atoms with Crippen LogP contribution in [0.4, 0.5) is 17.6 Å². The number of halogens is 4. The number of ether oxygens (including phenoxy) is 2. The first-order chi connectivity index (χ1) is 21.0. The zero-order valence-corrected chi connectivity index (χ0v) is 24.5. The van der Waals surface area contributed by atoms with E-state index in [1.54, 1.807) is 23.4 Å². The van der Waals surface area contributed by atoms with Crippen LogP contribution in [0.3, 0.4) is 0 Å². The number of carbonyl (C=O) groups excluding carboxylic acids is 1. The van der Waals surface area contributed by atoms with Gasteiger partial charge in [0, 0.05) is 30.4 Å². The lowest BCUT2D eigenvalue weighted by Crippen LogP contribution is -2.52. The summed E-state index contributed by atoms with van der Waals surface area (Å²) in [4.78, 5) is 36.4. The highest BCUT2D eigenvalue weighted by Crippen LogP contribution is 2.41. The first-order valence-electron chi connectivity index (χ1n) is 13.6. The Morgan fingerprint density at radius 1 is 1.23 bits per heavy atom. The van der Waals surface area contributed by atoms with E-state index in [0.29, 0.717) is 10.6 Å². The number of aromatic nitrogens is 1. The molecule has 3 heterocycles. The number of carboxylic acid groups (broad SMARTS) is 1. The van der Waals surface area contributed by atoms with Crippen LogP contribution in [0.2, 0.25) is 0 Å². The fraction of sp³-hybridized carbons (Fsp3) is 0.333. The number of esters is 1. The molecule has 0 radical (unpaired) electrons. The summed E-state index contributed by atoms with van der Waals surface area (Å²) in [6.45, 7) is 3.52. The van der Waals surface area contributed by atoms with Gasteiger partial charge in [0.05, 0.1) is 31.0 Å². The SMILES string of the molecule is CCOC(=O)C1=C(CN2CCOC[C@H]2C(=O)O)NC(c2nccs2)=NC1c1ccc(F)cc1-c1cc(C)cc(C(F)(F)F)c1. The number of alkyl halides is 3. The van der Waals surface area contributed by atoms with Crippen molar-refractivity contribution in [3.63, 3.8) is 0 Å². The molecule has 2 aromatic carbocycles. The van der Waals surface area contributed by atoms with Gasteiger partial charge in [-0.15, -0.1) is 11.3 Å². The molecule has 9 nitrogen and oxygen atoms in total. The van der Waals surface area contributed by atoms with Crippen LogP contribution in [0.1, 0.15) is 34.7 Å². The number of aliphatic carboxylic acids is 1. The number of rotatable bonds is 8. The van der Waals surface area contributed by atoms with Crippen molar-refractivity contribution in [3.8, 4) is 11.1 Å². The molecule has 0 spiro atoms. The number of benzene rings is 2. The maximum absolute atomic E-state index is 14.8. The van der Waals surface area contributed by atoms with E-state index >= 15 is 0 Å². The lowest BCUT2D eigenvalue weighted by atomic mass is 9.88. The van der Waals surface area contributed by atoms with Gasteiger partial charge in [-0.05, 0) is 60.4 Å². The number of aliphatic imine (C=N–C) groups is 1. The highest BCUT2D eigenvalue weighted by atomic mass is 32.1. The van der Waals surface area contributed by atoms with E-state index in [0.717, 1.165) is 24.3 Å². The zero-order chi connectivity index (χ0) is 31.6. The molecular weight excluding hydrogens is 604 g/mol. The summed E-state index contributed by atoms with van der Waals surface area (Å²) in [5.41, 5.74) is 0.115. The Labute approximate surface area is 253 Å². The number of aryl methyl sites for hydroxylation is 1. The number of nitrogens with one attached hydrogen (secondary N) is 1. The third-order valence-electron chi connectivity index (χ3n) is 7.17. The number of hydrogen-bond donors (Lipinski definition) is 2. The quantitative estimate of drug-likeness (QED) is 0.265. The number of hydrogen-bond acceptors (Lipinski definition) is 9. The van der Waals surface area contributed by atoms with Gasteiger partial charge in [-0.2, -0.15) is 13.2 Å². The highest BCUT2D eigenvalue weighted by molar-refractivity contribution is 7.11. The Kier molecular flexibility index (Phi) is 9.13. The number of morpholine rings is 1. The molecule has 2 N–H and O–H groups in total. The van der Waals surface area contributed by atoms with Gasteiger partial charge in [-0.25, -0.2) is 14.2 Å². The summed E-state index contributed by atoms with van der Waals surface area (Å²) in [6.07, 6.45) is -3.10.